The first-order valence-corrected chi connectivity index (χ1v) is 9.76. The molecule has 0 radical (unpaired) electrons. The first kappa shape index (κ1) is 22.4. The zero-order valence-electron chi connectivity index (χ0n) is 16.5. The molecule has 0 saturated carbocycles. The Morgan fingerprint density at radius 3 is 2.78 bits per heavy atom. The van der Waals surface area contributed by atoms with Crippen molar-refractivity contribution in [2.75, 3.05) is 39.4 Å². The van der Waals surface area contributed by atoms with E-state index < -0.39 is 0 Å². The molecule has 1 aromatic rings. The van der Waals surface area contributed by atoms with Crippen molar-refractivity contribution < 1.29 is 14.0 Å². The minimum Gasteiger partial charge on any atom is -0.375 e. The van der Waals surface area contributed by atoms with Crippen LogP contribution in [0.4, 0.5) is 0 Å². The average Bonchev–Trinajstić information content (AvgIpc) is 3.33. The molecule has 2 fully saturated rings. The van der Waals surface area contributed by atoms with Gasteiger partial charge in [-0.15, -0.1) is 24.0 Å². The van der Waals surface area contributed by atoms with Gasteiger partial charge in [-0.05, 0) is 19.8 Å². The summed E-state index contributed by atoms with van der Waals surface area (Å²) in [6.07, 6.45) is 3.20. The Kier molecular flexibility index (Phi) is 9.24. The molecule has 2 aliphatic heterocycles. The van der Waals surface area contributed by atoms with Crippen LogP contribution in [-0.4, -0.2) is 72.6 Å². The molecule has 154 valence electrons. The maximum atomic E-state index is 5.94. The number of aromatic nitrogens is 2. The standard InChI is InChI=1S/C18H31N5O3.HI/c1-4-19-18(20-8-7-16-21-17(13(2)3)22-26-16)23-9-11-25-15(12-23)14-6-5-10-24-14;/h13-15H,4-12H2,1-3H3,(H,19,20);1H. The number of morpholine rings is 1. The molecule has 3 rings (SSSR count). The Balaban J connectivity index is 0.00000261. The van der Waals surface area contributed by atoms with Crippen molar-refractivity contribution in [1.29, 1.82) is 0 Å². The monoisotopic (exact) mass is 493 g/mol. The number of aliphatic imine (C=N–C) groups is 1. The van der Waals surface area contributed by atoms with Crippen molar-refractivity contribution in [2.45, 2.75) is 58.2 Å². The normalized spacial score (nSPS) is 23.6. The molecule has 0 aromatic carbocycles. The van der Waals surface area contributed by atoms with E-state index in [2.05, 4.69) is 41.1 Å². The predicted octanol–water partition coefficient (Wildman–Crippen LogP) is 2.20. The van der Waals surface area contributed by atoms with Gasteiger partial charge < -0.3 is 24.2 Å². The third-order valence-electron chi connectivity index (χ3n) is 4.69. The fraction of sp³-hybridized carbons (Fsp3) is 0.833. The lowest BCUT2D eigenvalue weighted by atomic mass is 10.1. The van der Waals surface area contributed by atoms with Gasteiger partial charge in [0.2, 0.25) is 5.89 Å². The number of hydrogen-bond donors (Lipinski definition) is 1. The molecule has 0 aliphatic carbocycles. The molecular formula is C18H32IN5O3. The number of rotatable bonds is 6. The van der Waals surface area contributed by atoms with Crippen LogP contribution in [0.25, 0.3) is 0 Å². The highest BCUT2D eigenvalue weighted by Gasteiger charge is 2.32. The third kappa shape index (κ3) is 6.28. The first-order chi connectivity index (χ1) is 12.7. The Labute approximate surface area is 178 Å². The fourth-order valence-corrected chi connectivity index (χ4v) is 3.28. The molecule has 27 heavy (non-hydrogen) atoms. The molecule has 1 aromatic heterocycles. The number of nitrogens with one attached hydrogen (secondary N) is 1. The average molecular weight is 493 g/mol. The predicted molar refractivity (Wildman–Crippen MR) is 114 cm³/mol. The lowest BCUT2D eigenvalue weighted by Crippen LogP contribution is -2.53. The van der Waals surface area contributed by atoms with Gasteiger partial charge in [-0.3, -0.25) is 4.99 Å². The van der Waals surface area contributed by atoms with Crippen LogP contribution in [-0.2, 0) is 15.9 Å². The summed E-state index contributed by atoms with van der Waals surface area (Å²) in [4.78, 5) is 11.4. The highest BCUT2D eigenvalue weighted by atomic mass is 127. The second-order valence-corrected chi connectivity index (χ2v) is 7.09. The Hall–Kier alpha value is -0.940. The largest absolute Gasteiger partial charge is 0.375 e. The van der Waals surface area contributed by atoms with E-state index in [0.717, 1.165) is 50.9 Å². The maximum Gasteiger partial charge on any atom is 0.228 e. The highest BCUT2D eigenvalue weighted by molar-refractivity contribution is 14.0. The highest BCUT2D eigenvalue weighted by Crippen LogP contribution is 2.21. The van der Waals surface area contributed by atoms with Gasteiger partial charge in [-0.1, -0.05) is 19.0 Å². The van der Waals surface area contributed by atoms with Gasteiger partial charge in [0.15, 0.2) is 11.8 Å². The minimum absolute atomic E-state index is 0. The van der Waals surface area contributed by atoms with Crippen LogP contribution in [0.1, 0.15) is 51.2 Å². The van der Waals surface area contributed by atoms with Crippen molar-refractivity contribution in [3.8, 4) is 0 Å². The fourth-order valence-electron chi connectivity index (χ4n) is 3.28. The molecule has 2 saturated heterocycles. The van der Waals surface area contributed by atoms with Gasteiger partial charge in [0.05, 0.1) is 19.3 Å². The summed E-state index contributed by atoms with van der Waals surface area (Å²) in [5.74, 6) is 2.59. The van der Waals surface area contributed by atoms with E-state index in [9.17, 15) is 0 Å². The smallest absolute Gasteiger partial charge is 0.228 e. The van der Waals surface area contributed by atoms with Gasteiger partial charge >= 0.3 is 0 Å². The Morgan fingerprint density at radius 1 is 1.30 bits per heavy atom. The summed E-state index contributed by atoms with van der Waals surface area (Å²) in [6, 6.07) is 0. The van der Waals surface area contributed by atoms with Gasteiger partial charge in [0.25, 0.3) is 0 Å². The Bertz CT molecular complexity index is 589. The third-order valence-corrected chi connectivity index (χ3v) is 4.69. The van der Waals surface area contributed by atoms with Gasteiger partial charge in [0.1, 0.15) is 6.10 Å². The molecule has 1 N–H and O–H groups in total. The van der Waals surface area contributed by atoms with Gasteiger partial charge in [0, 0.05) is 38.6 Å². The summed E-state index contributed by atoms with van der Waals surface area (Å²) < 4.78 is 17.0. The van der Waals surface area contributed by atoms with Crippen molar-refractivity contribution in [2.24, 2.45) is 4.99 Å². The summed E-state index contributed by atoms with van der Waals surface area (Å²) >= 11 is 0. The van der Waals surface area contributed by atoms with E-state index >= 15 is 0 Å². The van der Waals surface area contributed by atoms with Crippen LogP contribution in [0.2, 0.25) is 0 Å². The number of ether oxygens (including phenoxy) is 2. The zero-order valence-corrected chi connectivity index (χ0v) is 18.8. The number of nitrogens with zero attached hydrogens (tertiary/aromatic N) is 4. The van der Waals surface area contributed by atoms with Crippen molar-refractivity contribution in [3.05, 3.63) is 11.7 Å². The number of hydrogen-bond acceptors (Lipinski definition) is 6. The second-order valence-electron chi connectivity index (χ2n) is 7.09. The van der Waals surface area contributed by atoms with Gasteiger partial charge in [-0.25, -0.2) is 0 Å². The molecule has 3 heterocycles. The molecule has 2 aliphatic rings. The topological polar surface area (TPSA) is 85.0 Å². The zero-order chi connectivity index (χ0) is 18.4. The van der Waals surface area contributed by atoms with E-state index in [1.54, 1.807) is 0 Å². The van der Waals surface area contributed by atoms with Crippen LogP contribution in [0.3, 0.4) is 0 Å². The van der Waals surface area contributed by atoms with Crippen molar-refractivity contribution >= 4 is 29.9 Å². The summed E-state index contributed by atoms with van der Waals surface area (Å²) in [5.41, 5.74) is 0. The lowest BCUT2D eigenvalue weighted by Gasteiger charge is -2.37. The van der Waals surface area contributed by atoms with Crippen LogP contribution in [0.5, 0.6) is 0 Å². The molecule has 0 bridgehead atoms. The summed E-state index contributed by atoms with van der Waals surface area (Å²) in [6.45, 7) is 10.8. The molecule has 0 amide bonds. The van der Waals surface area contributed by atoms with Crippen molar-refractivity contribution in [1.82, 2.24) is 20.4 Å². The van der Waals surface area contributed by atoms with Crippen LogP contribution in [0.15, 0.2) is 9.52 Å². The second kappa shape index (κ2) is 11.2. The SMILES string of the molecule is CCNC(=NCCc1nc(C(C)C)no1)N1CCOC(C2CCCO2)C1.I. The molecule has 0 spiro atoms. The Morgan fingerprint density at radius 2 is 2.11 bits per heavy atom. The summed E-state index contributed by atoms with van der Waals surface area (Å²) in [5, 5.41) is 7.39. The van der Waals surface area contributed by atoms with Gasteiger partial charge in [-0.2, -0.15) is 4.98 Å². The number of halogens is 1. The quantitative estimate of drug-likeness (QED) is 0.370. The van der Waals surface area contributed by atoms with E-state index in [1.165, 1.54) is 0 Å². The van der Waals surface area contributed by atoms with Crippen LogP contribution < -0.4 is 5.32 Å². The molecule has 2 atom stereocenters. The van der Waals surface area contributed by atoms with E-state index in [4.69, 9.17) is 19.0 Å². The van der Waals surface area contributed by atoms with E-state index in [0.29, 0.717) is 25.5 Å². The van der Waals surface area contributed by atoms with Crippen LogP contribution >= 0.6 is 24.0 Å². The first-order valence-electron chi connectivity index (χ1n) is 9.76. The molecule has 9 heteroatoms. The molecule has 8 nitrogen and oxygen atoms in total. The minimum atomic E-state index is 0. The van der Waals surface area contributed by atoms with Crippen molar-refractivity contribution in [3.63, 3.8) is 0 Å². The lowest BCUT2D eigenvalue weighted by molar-refractivity contribution is -0.0817. The maximum absolute atomic E-state index is 5.94. The van der Waals surface area contributed by atoms with E-state index in [1.807, 2.05) is 0 Å². The summed E-state index contributed by atoms with van der Waals surface area (Å²) in [7, 11) is 0. The number of guanidine groups is 1. The van der Waals surface area contributed by atoms with Crippen LogP contribution in [0, 0.1) is 0 Å². The van der Waals surface area contributed by atoms with E-state index in [-0.39, 0.29) is 42.1 Å². The molecular weight excluding hydrogens is 461 g/mol. The molecule has 2 unspecified atom stereocenters.